The maximum Gasteiger partial charge on any atom is 0.573 e. The van der Waals surface area contributed by atoms with Crippen molar-refractivity contribution in [2.45, 2.75) is 12.4 Å². The number of halogens is 4. The number of hydrogen-bond acceptors (Lipinski definition) is 4. The van der Waals surface area contributed by atoms with Crippen LogP contribution < -0.4 is 15.8 Å². The van der Waals surface area contributed by atoms with Crippen molar-refractivity contribution in [3.63, 3.8) is 0 Å². The zero-order chi connectivity index (χ0) is 14.5. The summed E-state index contributed by atoms with van der Waals surface area (Å²) in [7, 11) is 1.38. The lowest BCUT2D eigenvalue weighted by Gasteiger charge is -2.13. The van der Waals surface area contributed by atoms with Gasteiger partial charge in [-0.2, -0.15) is 0 Å². The van der Waals surface area contributed by atoms with Crippen LogP contribution in [-0.4, -0.2) is 32.0 Å². The van der Waals surface area contributed by atoms with Crippen molar-refractivity contribution in [3.05, 3.63) is 24.3 Å². The number of amides is 1. The summed E-state index contributed by atoms with van der Waals surface area (Å²) in [6.07, 6.45) is -4.78. The largest absolute Gasteiger partial charge is 0.573 e. The van der Waals surface area contributed by atoms with Gasteiger partial charge in [-0.15, -0.1) is 25.6 Å². The fourth-order valence-electron chi connectivity index (χ4n) is 1.26. The fraction of sp³-hybridized carbons (Fsp3) is 0.364. The molecule has 5 nitrogen and oxygen atoms in total. The molecule has 1 aromatic carbocycles. The van der Waals surface area contributed by atoms with E-state index >= 15 is 0 Å². The molecule has 1 aromatic rings. The normalized spacial score (nSPS) is 12.2. The molecule has 20 heavy (non-hydrogen) atoms. The van der Waals surface area contributed by atoms with E-state index in [1.165, 1.54) is 19.2 Å². The van der Waals surface area contributed by atoms with Crippen molar-refractivity contribution in [1.82, 2.24) is 0 Å². The van der Waals surface area contributed by atoms with Gasteiger partial charge in [-0.05, 0) is 12.1 Å². The minimum atomic E-state index is -4.78. The molecule has 9 heteroatoms. The predicted molar refractivity (Wildman–Crippen MR) is 68.9 cm³/mol. The van der Waals surface area contributed by atoms with E-state index in [2.05, 4.69) is 10.1 Å². The first kappa shape index (κ1) is 18.5. The van der Waals surface area contributed by atoms with Crippen LogP contribution in [0.1, 0.15) is 0 Å². The molecule has 1 rings (SSSR count). The second-order valence-electron chi connectivity index (χ2n) is 3.63. The lowest BCUT2D eigenvalue weighted by Crippen LogP contribution is -2.39. The molecule has 0 aromatic heterocycles. The number of nitrogens with one attached hydrogen (secondary N) is 1. The molecule has 0 radical (unpaired) electrons. The number of rotatable bonds is 5. The van der Waals surface area contributed by atoms with Crippen molar-refractivity contribution in [3.8, 4) is 5.75 Å². The molecule has 0 heterocycles. The van der Waals surface area contributed by atoms with Crippen LogP contribution in [0.25, 0.3) is 0 Å². The molecule has 0 aliphatic rings. The summed E-state index contributed by atoms with van der Waals surface area (Å²) in [6, 6.07) is 4.00. The summed E-state index contributed by atoms with van der Waals surface area (Å²) in [5.41, 5.74) is 5.62. The van der Waals surface area contributed by atoms with Crippen LogP contribution in [0.4, 0.5) is 18.9 Å². The number of hydrogen-bond donors (Lipinski definition) is 2. The lowest BCUT2D eigenvalue weighted by atomic mass is 10.2. The molecule has 114 valence electrons. The zero-order valence-corrected chi connectivity index (χ0v) is 11.3. The summed E-state index contributed by atoms with van der Waals surface area (Å²) in [5, 5.41) is 2.36. The molecule has 0 saturated carbocycles. The van der Waals surface area contributed by atoms with E-state index in [-0.39, 0.29) is 24.7 Å². The highest BCUT2D eigenvalue weighted by atomic mass is 35.5. The quantitative estimate of drug-likeness (QED) is 0.871. The highest BCUT2D eigenvalue weighted by molar-refractivity contribution is 5.94. The van der Waals surface area contributed by atoms with Gasteiger partial charge in [0.25, 0.3) is 0 Å². The van der Waals surface area contributed by atoms with Crippen molar-refractivity contribution in [1.29, 1.82) is 0 Å². The molecule has 0 saturated heterocycles. The fourth-order valence-corrected chi connectivity index (χ4v) is 1.26. The molecular weight excluding hydrogens is 301 g/mol. The van der Waals surface area contributed by atoms with E-state index in [0.29, 0.717) is 0 Å². The molecule has 0 aliphatic heterocycles. The van der Waals surface area contributed by atoms with Crippen LogP contribution in [0.3, 0.4) is 0 Å². The van der Waals surface area contributed by atoms with Crippen LogP contribution in [0, 0.1) is 0 Å². The van der Waals surface area contributed by atoms with Crippen LogP contribution >= 0.6 is 12.4 Å². The van der Waals surface area contributed by atoms with Gasteiger partial charge in [0.1, 0.15) is 11.8 Å². The number of alkyl halides is 3. The molecule has 0 aliphatic carbocycles. The van der Waals surface area contributed by atoms with Crippen molar-refractivity contribution < 1.29 is 27.4 Å². The van der Waals surface area contributed by atoms with Gasteiger partial charge < -0.3 is 20.5 Å². The maximum absolute atomic E-state index is 12.0. The third-order valence-corrected chi connectivity index (χ3v) is 2.02. The monoisotopic (exact) mass is 314 g/mol. The highest BCUT2D eigenvalue weighted by Crippen LogP contribution is 2.24. The summed E-state index contributed by atoms with van der Waals surface area (Å²) in [5.74, 6) is -0.989. The topological polar surface area (TPSA) is 73.6 Å². The molecule has 1 atom stereocenters. The summed E-state index contributed by atoms with van der Waals surface area (Å²) in [4.78, 5) is 11.5. The zero-order valence-electron chi connectivity index (χ0n) is 10.4. The third-order valence-electron chi connectivity index (χ3n) is 2.02. The number of methoxy groups -OCH3 is 1. The van der Waals surface area contributed by atoms with E-state index in [1.54, 1.807) is 0 Å². The molecule has 0 spiro atoms. The standard InChI is InChI=1S/C11H13F3N2O3.ClH/c1-18-6-9(15)10(17)16-7-3-2-4-8(5-7)19-11(12,13)14;/h2-5,9H,6,15H2,1H3,(H,16,17);1H. The Bertz CT molecular complexity index is 443. The number of benzene rings is 1. The van der Waals surface area contributed by atoms with Gasteiger partial charge in [0, 0.05) is 18.9 Å². The predicted octanol–water partition coefficient (Wildman–Crippen LogP) is 1.92. The van der Waals surface area contributed by atoms with Gasteiger partial charge in [0.15, 0.2) is 0 Å². The van der Waals surface area contributed by atoms with Gasteiger partial charge in [-0.1, -0.05) is 6.07 Å². The first-order chi connectivity index (χ1) is 8.81. The number of carbonyl (C=O) groups excluding carboxylic acids is 1. The van der Waals surface area contributed by atoms with Crippen molar-refractivity contribution in [2.24, 2.45) is 5.73 Å². The Morgan fingerprint density at radius 1 is 1.45 bits per heavy atom. The van der Waals surface area contributed by atoms with Crippen molar-refractivity contribution >= 4 is 24.0 Å². The summed E-state index contributed by atoms with van der Waals surface area (Å²) < 4.78 is 44.5. The van der Waals surface area contributed by atoms with E-state index < -0.39 is 24.1 Å². The van der Waals surface area contributed by atoms with Crippen LogP contribution in [0.2, 0.25) is 0 Å². The van der Waals surface area contributed by atoms with E-state index in [1.807, 2.05) is 0 Å². The third kappa shape index (κ3) is 6.60. The van der Waals surface area contributed by atoms with Gasteiger partial charge in [0.2, 0.25) is 5.91 Å². The SMILES string of the molecule is COCC(N)C(=O)Nc1cccc(OC(F)(F)F)c1.Cl. The Hall–Kier alpha value is -1.51. The highest BCUT2D eigenvalue weighted by Gasteiger charge is 2.31. The second kappa shape index (κ2) is 7.93. The number of nitrogens with two attached hydrogens (primary N) is 1. The molecular formula is C11H14ClF3N2O3. The van der Waals surface area contributed by atoms with Crippen LogP contribution in [0.15, 0.2) is 24.3 Å². The van der Waals surface area contributed by atoms with Crippen molar-refractivity contribution in [2.75, 3.05) is 19.0 Å². The van der Waals surface area contributed by atoms with Gasteiger partial charge in [0.05, 0.1) is 6.61 Å². The first-order valence-electron chi connectivity index (χ1n) is 5.23. The number of carbonyl (C=O) groups is 1. The number of anilines is 1. The molecule has 0 fully saturated rings. The maximum atomic E-state index is 12.0. The van der Waals surface area contributed by atoms with E-state index in [4.69, 9.17) is 10.5 Å². The molecule has 1 amide bonds. The minimum absolute atomic E-state index is 0. The smallest absolute Gasteiger partial charge is 0.406 e. The Balaban J connectivity index is 0.00000361. The second-order valence-corrected chi connectivity index (χ2v) is 3.63. The Morgan fingerprint density at radius 2 is 2.10 bits per heavy atom. The average Bonchev–Trinajstić information content (AvgIpc) is 2.27. The Labute approximate surface area is 119 Å². The minimum Gasteiger partial charge on any atom is -0.406 e. The molecule has 1 unspecified atom stereocenters. The molecule has 0 bridgehead atoms. The van der Waals surface area contributed by atoms with E-state index in [9.17, 15) is 18.0 Å². The summed E-state index contributed by atoms with van der Waals surface area (Å²) >= 11 is 0. The average molecular weight is 315 g/mol. The van der Waals surface area contributed by atoms with Crippen LogP contribution in [-0.2, 0) is 9.53 Å². The Kier molecular flexibility index (Phi) is 7.33. The van der Waals surface area contributed by atoms with E-state index in [0.717, 1.165) is 12.1 Å². The van der Waals surface area contributed by atoms with Gasteiger partial charge in [-0.25, -0.2) is 0 Å². The lowest BCUT2D eigenvalue weighted by molar-refractivity contribution is -0.274. The van der Waals surface area contributed by atoms with Gasteiger partial charge >= 0.3 is 6.36 Å². The Morgan fingerprint density at radius 3 is 2.65 bits per heavy atom. The number of ether oxygens (including phenoxy) is 2. The molecule has 3 N–H and O–H groups in total. The first-order valence-corrected chi connectivity index (χ1v) is 5.23. The van der Waals surface area contributed by atoms with Gasteiger partial charge in [-0.3, -0.25) is 4.79 Å². The summed E-state index contributed by atoms with van der Waals surface area (Å²) in [6.45, 7) is 0.00454. The van der Waals surface area contributed by atoms with Crippen LogP contribution in [0.5, 0.6) is 5.75 Å².